The highest BCUT2D eigenvalue weighted by atomic mass is 79.9. The van der Waals surface area contributed by atoms with Crippen molar-refractivity contribution in [2.45, 2.75) is 45.1 Å². The minimum absolute atomic E-state index is 0.0225. The van der Waals surface area contributed by atoms with Crippen LogP contribution in [0.25, 0.3) is 0 Å². The molecule has 0 radical (unpaired) electrons. The Kier molecular flexibility index (Phi) is 5.78. The quantitative estimate of drug-likeness (QED) is 0.844. The van der Waals surface area contributed by atoms with Crippen LogP contribution in [0.1, 0.15) is 32.8 Å². The topological polar surface area (TPSA) is 66.4 Å². The maximum Gasteiger partial charge on any atom is 0.240 e. The number of aryl methyl sites for hydroxylation is 1. The van der Waals surface area contributed by atoms with Crippen LogP contribution in [0.5, 0.6) is 0 Å². The van der Waals surface area contributed by atoms with E-state index in [1.807, 2.05) is 27.7 Å². The summed E-state index contributed by atoms with van der Waals surface area (Å²) in [6.07, 6.45) is -0.157. The fraction of sp³-hybridized carbons (Fsp3) is 0.571. The van der Waals surface area contributed by atoms with Gasteiger partial charge in [0, 0.05) is 11.0 Å². The van der Waals surface area contributed by atoms with E-state index in [1.165, 1.54) is 6.07 Å². The van der Waals surface area contributed by atoms with Crippen LogP contribution in [-0.2, 0) is 10.0 Å². The molecule has 0 aliphatic carbocycles. The molecule has 114 valence electrons. The molecule has 6 heteroatoms. The highest BCUT2D eigenvalue weighted by Crippen LogP contribution is 2.22. The molecule has 1 atom stereocenters. The predicted octanol–water partition coefficient (Wildman–Crippen LogP) is 2.83. The molecule has 0 spiro atoms. The van der Waals surface area contributed by atoms with E-state index < -0.39 is 16.1 Å². The summed E-state index contributed by atoms with van der Waals surface area (Å²) in [5.74, 6) is 0. The molecular formula is C14H22BrNO3S. The van der Waals surface area contributed by atoms with Gasteiger partial charge < -0.3 is 5.11 Å². The van der Waals surface area contributed by atoms with Gasteiger partial charge in [0.05, 0.1) is 11.0 Å². The Morgan fingerprint density at radius 3 is 2.45 bits per heavy atom. The van der Waals surface area contributed by atoms with Crippen LogP contribution < -0.4 is 4.72 Å². The molecule has 1 aromatic rings. The number of rotatable bonds is 5. The Hall–Kier alpha value is -0.430. The number of benzene rings is 1. The van der Waals surface area contributed by atoms with Gasteiger partial charge in [0.25, 0.3) is 0 Å². The van der Waals surface area contributed by atoms with Gasteiger partial charge in [-0.25, -0.2) is 13.1 Å². The van der Waals surface area contributed by atoms with Gasteiger partial charge in [0.1, 0.15) is 0 Å². The van der Waals surface area contributed by atoms with Gasteiger partial charge in [-0.3, -0.25) is 0 Å². The maximum absolute atomic E-state index is 12.1. The zero-order chi connectivity index (χ0) is 15.6. The van der Waals surface area contributed by atoms with Crippen molar-refractivity contribution < 1.29 is 13.5 Å². The van der Waals surface area contributed by atoms with Crippen molar-refractivity contribution in [1.29, 1.82) is 0 Å². The molecule has 4 nitrogen and oxygen atoms in total. The lowest BCUT2D eigenvalue weighted by atomic mass is 9.89. The third kappa shape index (κ3) is 5.52. The molecule has 1 aromatic carbocycles. The first kappa shape index (κ1) is 17.6. The van der Waals surface area contributed by atoms with E-state index in [0.717, 1.165) is 10.0 Å². The number of aliphatic hydroxyl groups is 1. The van der Waals surface area contributed by atoms with Crippen molar-refractivity contribution in [1.82, 2.24) is 4.72 Å². The number of hydrogen-bond acceptors (Lipinski definition) is 3. The van der Waals surface area contributed by atoms with Crippen LogP contribution in [0.2, 0.25) is 0 Å². The Balaban J connectivity index is 2.73. The van der Waals surface area contributed by atoms with Gasteiger partial charge in [0.15, 0.2) is 0 Å². The second-order valence-electron chi connectivity index (χ2n) is 6.18. The highest BCUT2D eigenvalue weighted by Gasteiger charge is 2.20. The van der Waals surface area contributed by atoms with Gasteiger partial charge >= 0.3 is 0 Å². The smallest absolute Gasteiger partial charge is 0.240 e. The van der Waals surface area contributed by atoms with Crippen LogP contribution in [0.3, 0.4) is 0 Å². The lowest BCUT2D eigenvalue weighted by Crippen LogP contribution is -2.34. The van der Waals surface area contributed by atoms with Crippen LogP contribution in [0.15, 0.2) is 27.6 Å². The van der Waals surface area contributed by atoms with Crippen LogP contribution in [-0.4, -0.2) is 26.2 Å². The second kappa shape index (κ2) is 6.56. The standard InChI is InChI=1S/C14H22BrNO3S/c1-10-7-12(5-6-13(10)15)20(18,19)16-9-11(17)8-14(2,3)4/h5-7,11,16-17H,8-9H2,1-4H3. The largest absolute Gasteiger partial charge is 0.392 e. The molecule has 0 aliphatic heterocycles. The Labute approximate surface area is 129 Å². The van der Waals surface area contributed by atoms with Crippen molar-refractivity contribution in [3.63, 3.8) is 0 Å². The third-order valence-corrected chi connectivity index (χ3v) is 5.11. The van der Waals surface area contributed by atoms with Crippen molar-refractivity contribution >= 4 is 26.0 Å². The first-order chi connectivity index (χ1) is 9.01. The molecule has 0 aromatic heterocycles. The van der Waals surface area contributed by atoms with Gasteiger partial charge in [-0.2, -0.15) is 0 Å². The monoisotopic (exact) mass is 363 g/mol. The second-order valence-corrected chi connectivity index (χ2v) is 8.80. The summed E-state index contributed by atoms with van der Waals surface area (Å²) in [6, 6.07) is 4.84. The van der Waals surface area contributed by atoms with Crippen molar-refractivity contribution in [2.24, 2.45) is 5.41 Å². The molecule has 2 N–H and O–H groups in total. The summed E-state index contributed by atoms with van der Waals surface area (Å²) in [5, 5.41) is 9.86. The van der Waals surface area contributed by atoms with E-state index in [9.17, 15) is 13.5 Å². The zero-order valence-electron chi connectivity index (χ0n) is 12.3. The number of hydrogen-bond donors (Lipinski definition) is 2. The van der Waals surface area contributed by atoms with Crippen molar-refractivity contribution in [3.05, 3.63) is 28.2 Å². The van der Waals surface area contributed by atoms with E-state index in [4.69, 9.17) is 0 Å². The molecule has 0 bridgehead atoms. The molecule has 20 heavy (non-hydrogen) atoms. The summed E-state index contributed by atoms with van der Waals surface area (Å²) < 4.78 is 27.6. The van der Waals surface area contributed by atoms with Crippen LogP contribution >= 0.6 is 15.9 Å². The number of aliphatic hydroxyl groups excluding tert-OH is 1. The average Bonchev–Trinajstić information content (AvgIpc) is 2.28. The number of halogens is 1. The predicted molar refractivity (Wildman–Crippen MR) is 84.1 cm³/mol. The fourth-order valence-corrected chi connectivity index (χ4v) is 3.26. The van der Waals surface area contributed by atoms with Crippen LogP contribution in [0, 0.1) is 12.3 Å². The molecule has 0 aliphatic rings. The summed E-state index contributed by atoms with van der Waals surface area (Å²) in [5.41, 5.74) is 0.808. The van der Waals surface area contributed by atoms with Gasteiger partial charge in [0.2, 0.25) is 10.0 Å². The lowest BCUT2D eigenvalue weighted by molar-refractivity contribution is 0.125. The fourth-order valence-electron chi connectivity index (χ4n) is 1.85. The Morgan fingerprint density at radius 2 is 1.95 bits per heavy atom. The molecule has 1 rings (SSSR count). The SMILES string of the molecule is Cc1cc(S(=O)(=O)NCC(O)CC(C)(C)C)ccc1Br. The molecule has 0 heterocycles. The van der Waals surface area contributed by atoms with Crippen molar-refractivity contribution in [3.8, 4) is 0 Å². The summed E-state index contributed by atoms with van der Waals surface area (Å²) in [7, 11) is -3.58. The summed E-state index contributed by atoms with van der Waals surface area (Å²) in [4.78, 5) is 0.209. The minimum atomic E-state index is -3.58. The average molecular weight is 364 g/mol. The molecular weight excluding hydrogens is 342 g/mol. The first-order valence-corrected chi connectivity index (χ1v) is 8.73. The zero-order valence-corrected chi connectivity index (χ0v) is 14.7. The number of nitrogens with one attached hydrogen (secondary N) is 1. The van der Waals surface area contributed by atoms with Gasteiger partial charge in [-0.1, -0.05) is 36.7 Å². The normalized spacial score (nSPS) is 14.3. The highest BCUT2D eigenvalue weighted by molar-refractivity contribution is 9.10. The molecule has 0 saturated heterocycles. The molecule has 0 saturated carbocycles. The molecule has 1 unspecified atom stereocenters. The Bertz CT molecular complexity index is 564. The van der Waals surface area contributed by atoms with E-state index >= 15 is 0 Å². The van der Waals surface area contributed by atoms with E-state index in [2.05, 4.69) is 20.7 Å². The van der Waals surface area contributed by atoms with Gasteiger partial charge in [-0.15, -0.1) is 0 Å². The Morgan fingerprint density at radius 1 is 1.35 bits per heavy atom. The summed E-state index contributed by atoms with van der Waals surface area (Å²) in [6.45, 7) is 7.86. The van der Waals surface area contributed by atoms with Crippen molar-refractivity contribution in [2.75, 3.05) is 6.54 Å². The third-order valence-electron chi connectivity index (χ3n) is 2.80. The molecule has 0 amide bonds. The maximum atomic E-state index is 12.1. The molecule has 0 fully saturated rings. The van der Waals surface area contributed by atoms with E-state index in [-0.39, 0.29) is 16.9 Å². The van der Waals surface area contributed by atoms with E-state index in [0.29, 0.717) is 6.42 Å². The summed E-state index contributed by atoms with van der Waals surface area (Å²) >= 11 is 3.34. The van der Waals surface area contributed by atoms with Crippen LogP contribution in [0.4, 0.5) is 0 Å². The first-order valence-electron chi connectivity index (χ1n) is 6.45. The minimum Gasteiger partial charge on any atom is -0.392 e. The number of sulfonamides is 1. The van der Waals surface area contributed by atoms with Gasteiger partial charge in [-0.05, 0) is 42.5 Å². The lowest BCUT2D eigenvalue weighted by Gasteiger charge is -2.22. The van der Waals surface area contributed by atoms with E-state index in [1.54, 1.807) is 12.1 Å².